The lowest BCUT2D eigenvalue weighted by molar-refractivity contribution is 0.564. The molecule has 6 heteroatoms. The molecule has 0 atom stereocenters. The first kappa shape index (κ1) is 9.00. The molecule has 0 saturated heterocycles. The van der Waals surface area contributed by atoms with Gasteiger partial charge < -0.3 is 0 Å². The summed E-state index contributed by atoms with van der Waals surface area (Å²) < 4.78 is 34.3. The lowest BCUT2D eigenvalue weighted by Gasteiger charge is -1.84. The van der Waals surface area contributed by atoms with E-state index in [1.165, 1.54) is 0 Å². The van der Waals surface area contributed by atoms with E-state index in [9.17, 15) is 17.6 Å². The maximum absolute atomic E-state index is 11.2. The van der Waals surface area contributed by atoms with Gasteiger partial charge in [0.1, 0.15) is 0 Å². The molecule has 0 aliphatic heterocycles. The number of hydrogen-bond acceptors (Lipinski definition) is 3. The van der Waals surface area contributed by atoms with Crippen LogP contribution in [0, 0.1) is 0 Å². The number of carbonyl (C=O) groups excluding carboxylic acids is 1. The molecule has 0 heterocycles. The molecule has 0 amide bonds. The number of isocyanates is 1. The van der Waals surface area contributed by atoms with Crippen LogP contribution in [0.2, 0.25) is 0 Å². The van der Waals surface area contributed by atoms with E-state index in [-0.39, 0.29) is 6.33 Å². The summed E-state index contributed by atoms with van der Waals surface area (Å²) in [4.78, 5) is 9.39. The van der Waals surface area contributed by atoms with Crippen molar-refractivity contribution in [2.45, 2.75) is 0 Å². The third-order valence-corrected chi connectivity index (χ3v) is 1.54. The van der Waals surface area contributed by atoms with Gasteiger partial charge in [-0.15, -0.1) is 0 Å². The second-order valence-corrected chi connectivity index (χ2v) is 2.97. The van der Waals surface area contributed by atoms with Gasteiger partial charge in [-0.1, -0.05) is 4.40 Å². The molecule has 0 unspecified atom stereocenters. The van der Waals surface area contributed by atoms with E-state index in [1.807, 2.05) is 0 Å². The fourth-order valence-corrected chi connectivity index (χ4v) is 0.756. The summed E-state index contributed by atoms with van der Waals surface area (Å²) in [5.74, 6) is -0.612. The van der Waals surface area contributed by atoms with Crippen LogP contribution in [0.15, 0.2) is 16.8 Å². The van der Waals surface area contributed by atoms with Crippen LogP contribution in [0.25, 0.3) is 0 Å². The number of sulfonamides is 1. The van der Waals surface area contributed by atoms with Crippen molar-refractivity contribution in [1.82, 2.24) is 0 Å². The van der Waals surface area contributed by atoms with Gasteiger partial charge in [-0.2, -0.15) is 0 Å². The zero-order valence-corrected chi connectivity index (χ0v) is 5.64. The fraction of sp³-hybridized carbons (Fsp3) is 0.250. The highest BCUT2D eigenvalue weighted by Gasteiger charge is 2.02. The average molecular weight is 165 g/mol. The van der Waals surface area contributed by atoms with Crippen LogP contribution in [0.4, 0.5) is 4.39 Å². The van der Waals surface area contributed by atoms with Crippen LogP contribution in [0.1, 0.15) is 0 Å². The minimum Gasteiger partial charge on any atom is -0.216 e. The third-order valence-electron chi connectivity index (χ3n) is 0.572. The summed E-state index contributed by atoms with van der Waals surface area (Å²) in [6.45, 7) is 0. The second kappa shape index (κ2) is 3.92. The Morgan fingerprint density at radius 2 is 2.20 bits per heavy atom. The Kier molecular flexibility index (Phi) is 3.53. The quantitative estimate of drug-likeness (QED) is 0.441. The molecule has 56 valence electrons. The first-order chi connectivity index (χ1) is 4.62. The van der Waals surface area contributed by atoms with Crippen molar-refractivity contribution in [3.05, 3.63) is 12.4 Å². The highest BCUT2D eigenvalue weighted by atomic mass is 32.2. The van der Waals surface area contributed by atoms with Crippen LogP contribution in [0.3, 0.4) is 0 Å². The Hall–Kier alpha value is -1.00. The van der Waals surface area contributed by atoms with Crippen LogP contribution < -0.4 is 0 Å². The molecule has 0 aliphatic rings. The Labute approximate surface area is 57.1 Å². The molecule has 0 fully saturated rings. The van der Waals surface area contributed by atoms with Crippen LogP contribution in [-0.2, 0) is 14.8 Å². The van der Waals surface area contributed by atoms with E-state index in [0.717, 1.165) is 12.2 Å². The lowest BCUT2D eigenvalue weighted by Crippen LogP contribution is -1.98. The molecule has 0 aromatic carbocycles. The van der Waals surface area contributed by atoms with E-state index >= 15 is 0 Å². The fourth-order valence-electron chi connectivity index (χ4n) is 0.252. The minimum atomic E-state index is -3.82. The second-order valence-electron chi connectivity index (χ2n) is 1.29. The van der Waals surface area contributed by atoms with Crippen LogP contribution in [-0.4, -0.2) is 20.3 Å². The molecule has 0 N–H and O–H groups in total. The zero-order valence-electron chi connectivity index (χ0n) is 4.82. The molecular weight excluding hydrogens is 161 g/mol. The molecular formula is C4H4FNO3S. The van der Waals surface area contributed by atoms with Gasteiger partial charge in [0, 0.05) is 0 Å². The van der Waals surface area contributed by atoms with Gasteiger partial charge in [-0.3, -0.25) is 0 Å². The zero-order chi connectivity index (χ0) is 8.04. The van der Waals surface area contributed by atoms with Crippen molar-refractivity contribution in [1.29, 1.82) is 0 Å². The van der Waals surface area contributed by atoms with Gasteiger partial charge in [0.15, 0.2) is 0 Å². The molecule has 0 saturated carbocycles. The van der Waals surface area contributed by atoms with Crippen molar-refractivity contribution in [2.75, 3.05) is 5.75 Å². The monoisotopic (exact) mass is 165 g/mol. The molecule has 0 aromatic rings. The van der Waals surface area contributed by atoms with E-state index in [2.05, 4.69) is 4.40 Å². The molecule has 4 nitrogen and oxygen atoms in total. The smallest absolute Gasteiger partial charge is 0.216 e. The van der Waals surface area contributed by atoms with Crippen molar-refractivity contribution < 1.29 is 17.6 Å². The Morgan fingerprint density at radius 1 is 1.60 bits per heavy atom. The molecule has 0 rings (SSSR count). The molecule has 0 spiro atoms. The normalized spacial score (nSPS) is 11.3. The summed E-state index contributed by atoms with van der Waals surface area (Å²) in [5.41, 5.74) is 0. The molecule has 0 radical (unpaired) electrons. The molecule has 10 heavy (non-hydrogen) atoms. The van der Waals surface area contributed by atoms with Crippen molar-refractivity contribution in [2.24, 2.45) is 4.40 Å². The summed E-state index contributed by atoms with van der Waals surface area (Å²) in [6.07, 6.45) is 1.65. The maximum Gasteiger partial charge on any atom is 0.267 e. The van der Waals surface area contributed by atoms with Gasteiger partial charge in [-0.05, 0) is 6.08 Å². The standard InChI is InChI=1S/C4H4FNO3S/c5-2-1-3-10(8,9)6-4-7/h1-2H,3H2. The largest absolute Gasteiger partial charge is 0.267 e. The van der Waals surface area contributed by atoms with Crippen molar-refractivity contribution in [3.63, 3.8) is 0 Å². The molecule has 0 aliphatic carbocycles. The number of hydrogen-bond donors (Lipinski definition) is 0. The van der Waals surface area contributed by atoms with Crippen molar-refractivity contribution in [3.8, 4) is 0 Å². The summed E-state index contributed by atoms with van der Waals surface area (Å²) in [7, 11) is -3.82. The first-order valence-electron chi connectivity index (χ1n) is 2.19. The maximum atomic E-state index is 11.2. The first-order valence-corrected chi connectivity index (χ1v) is 3.80. The molecule has 0 aromatic heterocycles. The van der Waals surface area contributed by atoms with Crippen LogP contribution >= 0.6 is 0 Å². The highest BCUT2D eigenvalue weighted by molar-refractivity contribution is 7.90. The number of nitrogens with zero attached hydrogens (tertiary/aromatic N) is 1. The van der Waals surface area contributed by atoms with Gasteiger partial charge in [0.2, 0.25) is 0 Å². The van der Waals surface area contributed by atoms with E-state index in [1.54, 1.807) is 0 Å². The predicted molar refractivity (Wildman–Crippen MR) is 32.2 cm³/mol. The van der Waals surface area contributed by atoms with Crippen LogP contribution in [0.5, 0.6) is 0 Å². The van der Waals surface area contributed by atoms with Gasteiger partial charge in [0.25, 0.3) is 16.1 Å². The SMILES string of the molecule is O=C=NS(=O)(=O)CC=CF. The Balaban J connectivity index is 4.30. The number of halogens is 1. The predicted octanol–water partition coefficient (Wildman–Crippen LogP) is 0.135. The summed E-state index contributed by atoms with van der Waals surface area (Å²) in [6, 6.07) is 0. The Bertz CT molecular complexity index is 262. The minimum absolute atomic E-state index is 0.0673. The van der Waals surface area contributed by atoms with E-state index in [0.29, 0.717) is 0 Å². The average Bonchev–Trinajstić information content (AvgIpc) is 1.84. The Morgan fingerprint density at radius 3 is 2.60 bits per heavy atom. The van der Waals surface area contributed by atoms with Gasteiger partial charge in [-0.25, -0.2) is 17.6 Å². The third kappa shape index (κ3) is 3.94. The topological polar surface area (TPSA) is 63.6 Å². The lowest BCUT2D eigenvalue weighted by atomic mass is 10.7. The van der Waals surface area contributed by atoms with E-state index < -0.39 is 15.8 Å². The van der Waals surface area contributed by atoms with Gasteiger partial charge >= 0.3 is 0 Å². The molecule has 0 bridgehead atoms. The van der Waals surface area contributed by atoms with Crippen molar-refractivity contribution >= 4 is 16.1 Å². The summed E-state index contributed by atoms with van der Waals surface area (Å²) >= 11 is 0. The highest BCUT2D eigenvalue weighted by Crippen LogP contribution is 1.90. The number of rotatable bonds is 3. The van der Waals surface area contributed by atoms with Gasteiger partial charge in [0.05, 0.1) is 12.1 Å². The van der Waals surface area contributed by atoms with E-state index in [4.69, 9.17) is 0 Å². The summed E-state index contributed by atoms with van der Waals surface area (Å²) in [5, 5.41) is 0.